The third-order valence-electron chi connectivity index (χ3n) is 5.17. The van der Waals surface area contributed by atoms with E-state index in [4.69, 9.17) is 14.0 Å². The summed E-state index contributed by atoms with van der Waals surface area (Å²) in [7, 11) is 3.27. The van der Waals surface area contributed by atoms with Crippen LogP contribution in [-0.2, 0) is 26.3 Å². The summed E-state index contributed by atoms with van der Waals surface area (Å²) in [6.45, 7) is 3.50. The van der Waals surface area contributed by atoms with Crippen molar-refractivity contribution in [3.63, 3.8) is 0 Å². The zero-order valence-electron chi connectivity index (χ0n) is 16.2. The van der Waals surface area contributed by atoms with Crippen LogP contribution in [0.5, 0.6) is 0 Å². The molecule has 1 fully saturated rings. The van der Waals surface area contributed by atoms with E-state index in [0.717, 1.165) is 5.56 Å². The van der Waals surface area contributed by atoms with E-state index in [9.17, 15) is 4.79 Å². The summed E-state index contributed by atoms with van der Waals surface area (Å²) in [6.07, 6.45) is 1.87. The zero-order valence-corrected chi connectivity index (χ0v) is 16.2. The Morgan fingerprint density at radius 1 is 1.26 bits per heavy atom. The molecular formula is C20H27N3O4. The summed E-state index contributed by atoms with van der Waals surface area (Å²) < 4.78 is 16.4. The molecule has 0 bridgehead atoms. The molecule has 1 saturated heterocycles. The van der Waals surface area contributed by atoms with Crippen LogP contribution in [0.3, 0.4) is 0 Å². The molecule has 1 amide bonds. The minimum Gasteiger partial charge on any atom is -0.384 e. The lowest BCUT2D eigenvalue weighted by Crippen LogP contribution is -2.48. The second-order valence-corrected chi connectivity index (χ2v) is 7.06. The lowest BCUT2D eigenvalue weighted by molar-refractivity contribution is -0.144. The molecular weight excluding hydrogens is 346 g/mol. The number of ether oxygens (including phenoxy) is 2. The number of carbonyl (C=O) groups is 1. The van der Waals surface area contributed by atoms with Crippen LogP contribution in [-0.4, -0.2) is 54.9 Å². The van der Waals surface area contributed by atoms with Gasteiger partial charge in [-0.05, 0) is 5.56 Å². The van der Waals surface area contributed by atoms with Crippen molar-refractivity contribution < 1.29 is 18.8 Å². The molecule has 0 aliphatic carbocycles. The maximum atomic E-state index is 12.5. The molecule has 7 heteroatoms. The molecule has 0 saturated carbocycles. The summed E-state index contributed by atoms with van der Waals surface area (Å²) in [4.78, 5) is 18.9. The molecule has 1 aliphatic heterocycles. The number of likely N-dealkylation sites (tertiary alicyclic amines) is 1. The average molecular weight is 373 g/mol. The molecule has 0 spiro atoms. The molecule has 1 atom stereocenters. The highest BCUT2D eigenvalue weighted by molar-refractivity contribution is 5.78. The summed E-state index contributed by atoms with van der Waals surface area (Å²) in [6, 6.07) is 10.0. The number of piperidine rings is 1. The highest BCUT2D eigenvalue weighted by atomic mass is 16.5. The number of hydrogen-bond acceptors (Lipinski definition) is 6. The van der Waals surface area contributed by atoms with E-state index < -0.39 is 5.60 Å². The molecule has 1 aromatic carbocycles. The van der Waals surface area contributed by atoms with Gasteiger partial charge in [-0.1, -0.05) is 42.4 Å². The topological polar surface area (TPSA) is 77.7 Å². The van der Waals surface area contributed by atoms with Crippen molar-refractivity contribution >= 4 is 5.91 Å². The lowest BCUT2D eigenvalue weighted by atomic mass is 9.90. The van der Waals surface area contributed by atoms with Gasteiger partial charge in [-0.25, -0.2) is 0 Å². The van der Waals surface area contributed by atoms with Crippen molar-refractivity contribution in [1.29, 1.82) is 0 Å². The molecule has 1 aliphatic rings. The fraction of sp³-hybridized carbons (Fsp3) is 0.550. The number of carbonyl (C=O) groups excluding carboxylic acids is 1. The second kappa shape index (κ2) is 8.63. The first-order chi connectivity index (χ1) is 13.1. The molecule has 7 nitrogen and oxygen atoms in total. The zero-order chi connectivity index (χ0) is 19.3. The fourth-order valence-electron chi connectivity index (χ4n) is 3.52. The van der Waals surface area contributed by atoms with E-state index in [2.05, 4.69) is 10.1 Å². The van der Waals surface area contributed by atoms with Gasteiger partial charge in [0.25, 0.3) is 5.89 Å². The number of amides is 1. The third kappa shape index (κ3) is 4.36. The first-order valence-electron chi connectivity index (χ1n) is 9.28. The van der Waals surface area contributed by atoms with Crippen LogP contribution in [0.25, 0.3) is 0 Å². The fourth-order valence-corrected chi connectivity index (χ4v) is 3.52. The lowest BCUT2D eigenvalue weighted by Gasteiger charge is -2.39. The van der Waals surface area contributed by atoms with Crippen LogP contribution in [0.2, 0.25) is 0 Å². The third-order valence-corrected chi connectivity index (χ3v) is 5.17. The van der Waals surface area contributed by atoms with Gasteiger partial charge >= 0.3 is 0 Å². The van der Waals surface area contributed by atoms with Gasteiger partial charge in [0.05, 0.1) is 12.5 Å². The predicted molar refractivity (Wildman–Crippen MR) is 99.1 cm³/mol. The number of benzene rings is 1. The Hall–Kier alpha value is -2.25. The maximum absolute atomic E-state index is 12.5. The van der Waals surface area contributed by atoms with Crippen molar-refractivity contribution in [2.24, 2.45) is 5.92 Å². The Balaban J connectivity index is 1.66. The molecule has 27 heavy (non-hydrogen) atoms. The minimum absolute atomic E-state index is 0.108. The first kappa shape index (κ1) is 19.5. The summed E-state index contributed by atoms with van der Waals surface area (Å²) >= 11 is 0. The molecule has 2 heterocycles. The number of rotatable bonds is 7. The van der Waals surface area contributed by atoms with Crippen LogP contribution in [0.4, 0.5) is 0 Å². The Kier molecular flexibility index (Phi) is 6.23. The van der Waals surface area contributed by atoms with Crippen molar-refractivity contribution in [1.82, 2.24) is 15.0 Å². The van der Waals surface area contributed by atoms with Crippen molar-refractivity contribution in [3.05, 3.63) is 47.6 Å². The number of hydrogen-bond donors (Lipinski definition) is 0. The molecule has 1 unspecified atom stereocenters. The van der Waals surface area contributed by atoms with E-state index in [1.165, 1.54) is 0 Å². The van der Waals surface area contributed by atoms with Gasteiger partial charge in [0, 0.05) is 46.6 Å². The van der Waals surface area contributed by atoms with Crippen LogP contribution >= 0.6 is 0 Å². The number of aromatic nitrogens is 2. The van der Waals surface area contributed by atoms with Gasteiger partial charge in [-0.15, -0.1) is 0 Å². The second-order valence-electron chi connectivity index (χ2n) is 7.06. The van der Waals surface area contributed by atoms with Gasteiger partial charge in [-0.3, -0.25) is 4.79 Å². The largest absolute Gasteiger partial charge is 0.384 e. The van der Waals surface area contributed by atoms with Gasteiger partial charge in [0.15, 0.2) is 5.82 Å². The van der Waals surface area contributed by atoms with Crippen molar-refractivity contribution in [3.8, 4) is 0 Å². The van der Waals surface area contributed by atoms with Crippen LogP contribution < -0.4 is 0 Å². The average Bonchev–Trinajstić information content (AvgIpc) is 3.17. The molecule has 3 rings (SSSR count). The van der Waals surface area contributed by atoms with Crippen molar-refractivity contribution in [2.75, 3.05) is 33.9 Å². The predicted octanol–water partition coefficient (Wildman–Crippen LogP) is 2.41. The number of methoxy groups -OCH3 is 2. The Labute approximate surface area is 159 Å². The van der Waals surface area contributed by atoms with Crippen LogP contribution in [0.1, 0.15) is 37.0 Å². The molecule has 2 aromatic rings. The smallest absolute Gasteiger partial charge is 0.259 e. The first-order valence-corrected chi connectivity index (χ1v) is 9.28. The van der Waals surface area contributed by atoms with E-state index in [0.29, 0.717) is 50.7 Å². The SMILES string of the molecule is COCC(C)C(=O)N1CCC(OC)(c2nc(Cc3ccccc3)no2)CC1. The van der Waals surface area contributed by atoms with Crippen molar-refractivity contribution in [2.45, 2.75) is 31.8 Å². The number of nitrogens with zero attached hydrogens (tertiary/aromatic N) is 3. The Morgan fingerprint density at radius 2 is 1.96 bits per heavy atom. The summed E-state index contributed by atoms with van der Waals surface area (Å²) in [5.74, 6) is 1.09. The Morgan fingerprint density at radius 3 is 2.59 bits per heavy atom. The molecule has 0 radical (unpaired) electrons. The van der Waals surface area contributed by atoms with E-state index in [1.807, 2.05) is 42.2 Å². The van der Waals surface area contributed by atoms with Gasteiger partial charge < -0.3 is 18.9 Å². The van der Waals surface area contributed by atoms with Crippen LogP contribution in [0, 0.1) is 5.92 Å². The quantitative estimate of drug-likeness (QED) is 0.742. The standard InChI is InChI=1S/C20H27N3O4/c1-15(14-25-2)18(24)23-11-9-20(26-3,10-12-23)19-21-17(22-27-19)13-16-7-5-4-6-8-16/h4-8,15H,9-14H2,1-3H3. The highest BCUT2D eigenvalue weighted by Gasteiger charge is 2.42. The summed E-state index contributed by atoms with van der Waals surface area (Å²) in [5.41, 5.74) is 0.493. The van der Waals surface area contributed by atoms with Gasteiger partial charge in [0.2, 0.25) is 5.91 Å². The monoisotopic (exact) mass is 373 g/mol. The van der Waals surface area contributed by atoms with E-state index >= 15 is 0 Å². The molecule has 146 valence electrons. The normalized spacial score (nSPS) is 17.7. The van der Waals surface area contributed by atoms with Gasteiger partial charge in [-0.2, -0.15) is 4.98 Å². The minimum atomic E-state index is -0.636. The van der Waals surface area contributed by atoms with E-state index in [-0.39, 0.29) is 11.8 Å². The summed E-state index contributed by atoms with van der Waals surface area (Å²) in [5, 5.41) is 4.12. The molecule has 0 N–H and O–H groups in total. The molecule has 1 aromatic heterocycles. The van der Waals surface area contributed by atoms with Crippen LogP contribution in [0.15, 0.2) is 34.9 Å². The maximum Gasteiger partial charge on any atom is 0.259 e. The van der Waals surface area contributed by atoms with Gasteiger partial charge in [0.1, 0.15) is 5.60 Å². The highest BCUT2D eigenvalue weighted by Crippen LogP contribution is 2.35. The van der Waals surface area contributed by atoms with E-state index in [1.54, 1.807) is 14.2 Å². The Bertz CT molecular complexity index is 739.